The van der Waals surface area contributed by atoms with E-state index >= 15 is 0 Å². The van der Waals surface area contributed by atoms with Gasteiger partial charge in [-0.1, -0.05) is 36.8 Å². The van der Waals surface area contributed by atoms with Crippen LogP contribution in [-0.2, 0) is 16.0 Å². The number of carbonyl (C=O) groups excluding carboxylic acids is 1. The highest BCUT2D eigenvalue weighted by molar-refractivity contribution is 5.80. The van der Waals surface area contributed by atoms with Crippen molar-refractivity contribution >= 4 is 11.9 Å². The van der Waals surface area contributed by atoms with E-state index < -0.39 is 11.9 Å². The Morgan fingerprint density at radius 2 is 1.94 bits per heavy atom. The molecule has 1 aromatic rings. The van der Waals surface area contributed by atoms with Crippen molar-refractivity contribution in [2.75, 3.05) is 0 Å². The topological polar surface area (TPSA) is 66.4 Å². The number of carboxylic acid groups (broad SMARTS) is 1. The van der Waals surface area contributed by atoms with Crippen LogP contribution in [0.3, 0.4) is 0 Å². The highest BCUT2D eigenvalue weighted by Gasteiger charge is 2.33. The molecule has 4 nitrogen and oxygen atoms in total. The summed E-state index contributed by atoms with van der Waals surface area (Å²) in [5, 5.41) is 11.9. The molecule has 4 heteroatoms. The number of rotatable bonds is 4. The normalized spacial score (nSPS) is 22.7. The fraction of sp³-hybridized carbons (Fsp3) is 0.429. The lowest BCUT2D eigenvalue weighted by molar-refractivity contribution is -0.142. The first-order valence-electron chi connectivity index (χ1n) is 6.23. The molecule has 0 radical (unpaired) electrons. The molecule has 2 N–H and O–H groups in total. The first kappa shape index (κ1) is 12.6. The summed E-state index contributed by atoms with van der Waals surface area (Å²) in [4.78, 5) is 22.8. The Labute approximate surface area is 106 Å². The molecule has 2 atom stereocenters. The number of aliphatic carboxylic acids is 1. The number of hydrogen-bond acceptors (Lipinski definition) is 2. The highest BCUT2D eigenvalue weighted by Crippen LogP contribution is 2.25. The molecule has 0 spiro atoms. The zero-order valence-corrected chi connectivity index (χ0v) is 10.1. The molecular weight excluding hydrogens is 230 g/mol. The Bertz CT molecular complexity index is 430. The van der Waals surface area contributed by atoms with E-state index in [1.54, 1.807) is 0 Å². The van der Waals surface area contributed by atoms with E-state index in [2.05, 4.69) is 5.32 Å². The minimum absolute atomic E-state index is 0.0978. The van der Waals surface area contributed by atoms with Crippen molar-refractivity contribution in [3.05, 3.63) is 35.9 Å². The average molecular weight is 247 g/mol. The molecular formula is C14H17NO3. The van der Waals surface area contributed by atoms with Crippen LogP contribution in [0.25, 0.3) is 0 Å². The Hall–Kier alpha value is -1.84. The molecule has 1 aromatic carbocycles. The van der Waals surface area contributed by atoms with Crippen molar-refractivity contribution < 1.29 is 14.7 Å². The smallest absolute Gasteiger partial charge is 0.308 e. The maximum atomic E-state index is 11.8. The van der Waals surface area contributed by atoms with Gasteiger partial charge in [0.25, 0.3) is 0 Å². The average Bonchev–Trinajstić information content (AvgIpc) is 2.78. The van der Waals surface area contributed by atoms with Crippen molar-refractivity contribution in [1.82, 2.24) is 5.32 Å². The first-order chi connectivity index (χ1) is 8.66. The third kappa shape index (κ3) is 3.09. The van der Waals surface area contributed by atoms with Crippen LogP contribution in [0, 0.1) is 5.92 Å². The molecule has 96 valence electrons. The first-order valence-corrected chi connectivity index (χ1v) is 6.23. The van der Waals surface area contributed by atoms with E-state index in [-0.39, 0.29) is 11.9 Å². The van der Waals surface area contributed by atoms with Crippen LogP contribution in [0.2, 0.25) is 0 Å². The minimum Gasteiger partial charge on any atom is -0.481 e. The number of hydrogen-bond donors (Lipinski definition) is 2. The molecule has 2 unspecified atom stereocenters. The van der Waals surface area contributed by atoms with E-state index in [1.807, 2.05) is 30.3 Å². The second-order valence-corrected chi connectivity index (χ2v) is 4.71. The largest absolute Gasteiger partial charge is 0.481 e. The predicted molar refractivity (Wildman–Crippen MR) is 67.1 cm³/mol. The summed E-state index contributed by atoms with van der Waals surface area (Å²) in [7, 11) is 0. The summed E-state index contributed by atoms with van der Waals surface area (Å²) in [5.74, 6) is -1.33. The van der Waals surface area contributed by atoms with Crippen molar-refractivity contribution in [3.63, 3.8) is 0 Å². The maximum Gasteiger partial charge on any atom is 0.308 e. The van der Waals surface area contributed by atoms with Gasteiger partial charge in [0.2, 0.25) is 5.91 Å². The van der Waals surface area contributed by atoms with E-state index in [1.165, 1.54) is 0 Å². The van der Waals surface area contributed by atoms with Crippen LogP contribution < -0.4 is 5.32 Å². The lowest BCUT2D eigenvalue weighted by Crippen LogP contribution is -2.40. The highest BCUT2D eigenvalue weighted by atomic mass is 16.4. The maximum absolute atomic E-state index is 11.8. The Kier molecular flexibility index (Phi) is 3.97. The summed E-state index contributed by atoms with van der Waals surface area (Å²) >= 11 is 0. The zero-order valence-electron chi connectivity index (χ0n) is 10.1. The van der Waals surface area contributed by atoms with Gasteiger partial charge in [0.15, 0.2) is 0 Å². The molecule has 1 saturated carbocycles. The molecule has 1 amide bonds. The van der Waals surface area contributed by atoms with Gasteiger partial charge in [-0.05, 0) is 18.4 Å². The molecule has 0 heterocycles. The van der Waals surface area contributed by atoms with Crippen molar-refractivity contribution in [2.45, 2.75) is 31.7 Å². The quantitative estimate of drug-likeness (QED) is 0.849. The lowest BCUT2D eigenvalue weighted by atomic mass is 10.0. The summed E-state index contributed by atoms with van der Waals surface area (Å²) in [6, 6.07) is 9.25. The molecule has 0 aliphatic heterocycles. The van der Waals surface area contributed by atoms with E-state index in [0.29, 0.717) is 12.8 Å². The van der Waals surface area contributed by atoms with Gasteiger partial charge in [0.05, 0.1) is 12.3 Å². The van der Waals surface area contributed by atoms with Gasteiger partial charge in [-0.25, -0.2) is 0 Å². The van der Waals surface area contributed by atoms with Gasteiger partial charge in [-0.2, -0.15) is 0 Å². The van der Waals surface area contributed by atoms with E-state index in [4.69, 9.17) is 5.11 Å². The molecule has 2 rings (SSSR count). The summed E-state index contributed by atoms with van der Waals surface area (Å²) in [5.41, 5.74) is 0.944. The SMILES string of the molecule is O=C(Cc1ccccc1)NC1CCCC1C(=O)O. The third-order valence-corrected chi connectivity index (χ3v) is 3.39. The molecule has 18 heavy (non-hydrogen) atoms. The molecule has 0 aromatic heterocycles. The lowest BCUT2D eigenvalue weighted by Gasteiger charge is -2.17. The summed E-state index contributed by atoms with van der Waals surface area (Å²) in [6.07, 6.45) is 2.60. The predicted octanol–water partition coefficient (Wildman–Crippen LogP) is 1.60. The molecule has 1 aliphatic carbocycles. The molecule has 1 aliphatic rings. The van der Waals surface area contributed by atoms with Gasteiger partial charge < -0.3 is 10.4 Å². The number of nitrogens with one attached hydrogen (secondary N) is 1. The number of carbonyl (C=O) groups is 2. The fourth-order valence-corrected chi connectivity index (χ4v) is 2.47. The van der Waals surface area contributed by atoms with E-state index in [0.717, 1.165) is 18.4 Å². The Morgan fingerprint density at radius 1 is 1.22 bits per heavy atom. The van der Waals surface area contributed by atoms with Crippen LogP contribution in [0.15, 0.2) is 30.3 Å². The summed E-state index contributed by atoms with van der Waals surface area (Å²) in [6.45, 7) is 0. The standard InChI is InChI=1S/C14H17NO3/c16-13(9-10-5-2-1-3-6-10)15-12-8-4-7-11(12)14(17)18/h1-3,5-6,11-12H,4,7-9H2,(H,15,16)(H,17,18). The minimum atomic E-state index is -0.808. The molecule has 0 saturated heterocycles. The van der Waals surface area contributed by atoms with Crippen molar-refractivity contribution in [1.29, 1.82) is 0 Å². The Balaban J connectivity index is 1.90. The van der Waals surface area contributed by atoms with Crippen LogP contribution >= 0.6 is 0 Å². The number of amides is 1. The molecule has 1 fully saturated rings. The zero-order chi connectivity index (χ0) is 13.0. The second kappa shape index (κ2) is 5.67. The molecule has 0 bridgehead atoms. The van der Waals surface area contributed by atoms with E-state index in [9.17, 15) is 9.59 Å². The van der Waals surface area contributed by atoms with Gasteiger partial charge in [-0.3, -0.25) is 9.59 Å². The van der Waals surface area contributed by atoms with Crippen LogP contribution in [0.5, 0.6) is 0 Å². The van der Waals surface area contributed by atoms with Gasteiger partial charge >= 0.3 is 5.97 Å². The van der Waals surface area contributed by atoms with Crippen LogP contribution in [-0.4, -0.2) is 23.0 Å². The second-order valence-electron chi connectivity index (χ2n) is 4.71. The van der Waals surface area contributed by atoms with Gasteiger partial charge in [0.1, 0.15) is 0 Å². The fourth-order valence-electron chi connectivity index (χ4n) is 2.47. The monoisotopic (exact) mass is 247 g/mol. The Morgan fingerprint density at radius 3 is 2.61 bits per heavy atom. The van der Waals surface area contributed by atoms with Crippen LogP contribution in [0.4, 0.5) is 0 Å². The van der Waals surface area contributed by atoms with Crippen LogP contribution in [0.1, 0.15) is 24.8 Å². The number of carboxylic acids is 1. The van der Waals surface area contributed by atoms with Crippen molar-refractivity contribution in [3.8, 4) is 0 Å². The van der Waals surface area contributed by atoms with Crippen molar-refractivity contribution in [2.24, 2.45) is 5.92 Å². The third-order valence-electron chi connectivity index (χ3n) is 3.39. The van der Waals surface area contributed by atoms with Gasteiger partial charge in [0, 0.05) is 6.04 Å². The van der Waals surface area contributed by atoms with Gasteiger partial charge in [-0.15, -0.1) is 0 Å². The number of benzene rings is 1. The summed E-state index contributed by atoms with van der Waals surface area (Å²) < 4.78 is 0.